The van der Waals surface area contributed by atoms with Gasteiger partial charge in [0.25, 0.3) is 0 Å². The quantitative estimate of drug-likeness (QED) is 0.901. The summed E-state index contributed by atoms with van der Waals surface area (Å²) in [7, 11) is -3.50. The minimum atomic E-state index is -3.50. The van der Waals surface area contributed by atoms with Crippen molar-refractivity contribution >= 4 is 20.8 Å². The average Bonchev–Trinajstić information content (AvgIpc) is 2.53. The minimum Gasteiger partial charge on any atom is -0.313 e. The van der Waals surface area contributed by atoms with Crippen molar-refractivity contribution < 1.29 is 8.42 Å². The first-order valence-electron chi connectivity index (χ1n) is 7.22. The molecule has 112 valence electrons. The van der Waals surface area contributed by atoms with Gasteiger partial charge < -0.3 is 5.32 Å². The molecule has 1 aromatic carbocycles. The Labute approximate surface area is 124 Å². The molecule has 0 radical (unpaired) electrons. The number of sulfonamides is 1. The van der Waals surface area contributed by atoms with Gasteiger partial charge in [0.2, 0.25) is 10.0 Å². The van der Waals surface area contributed by atoms with E-state index in [2.05, 4.69) is 15.0 Å². The highest BCUT2D eigenvalue weighted by atomic mass is 32.2. The number of nitrogens with zero attached hydrogens (tertiary/aromatic N) is 1. The van der Waals surface area contributed by atoms with E-state index >= 15 is 0 Å². The van der Waals surface area contributed by atoms with Crippen molar-refractivity contribution in [3.63, 3.8) is 0 Å². The zero-order valence-corrected chi connectivity index (χ0v) is 12.6. The summed E-state index contributed by atoms with van der Waals surface area (Å²) in [6, 6.07) is 7.22. The second-order valence-corrected chi connectivity index (χ2v) is 7.09. The van der Waals surface area contributed by atoms with Crippen LogP contribution in [0.2, 0.25) is 0 Å². The predicted molar refractivity (Wildman–Crippen MR) is 82.6 cm³/mol. The maximum Gasteiger partial charge on any atom is 0.241 e. The lowest BCUT2D eigenvalue weighted by atomic mass is 10.1. The van der Waals surface area contributed by atoms with Crippen LogP contribution in [0.4, 0.5) is 0 Å². The normalized spacial score (nSPS) is 19.7. The second-order valence-electron chi connectivity index (χ2n) is 5.35. The number of hydrogen-bond donors (Lipinski definition) is 2. The maximum absolute atomic E-state index is 12.5. The molecule has 1 unspecified atom stereocenters. The van der Waals surface area contributed by atoms with E-state index in [-0.39, 0.29) is 6.04 Å². The first-order valence-corrected chi connectivity index (χ1v) is 8.71. The number of hydrogen-bond acceptors (Lipinski definition) is 4. The van der Waals surface area contributed by atoms with Gasteiger partial charge in [0.05, 0.1) is 4.90 Å². The number of nitrogens with one attached hydrogen (secondary N) is 2. The van der Waals surface area contributed by atoms with Gasteiger partial charge in [-0.25, -0.2) is 13.1 Å². The molecular formula is C15H19N3O2S. The lowest BCUT2D eigenvalue weighted by Crippen LogP contribution is -2.43. The molecule has 0 aliphatic carbocycles. The van der Waals surface area contributed by atoms with Gasteiger partial charge in [0.1, 0.15) is 0 Å². The second kappa shape index (κ2) is 6.09. The van der Waals surface area contributed by atoms with Gasteiger partial charge in [0, 0.05) is 35.8 Å². The number of pyridine rings is 1. The maximum atomic E-state index is 12.5. The van der Waals surface area contributed by atoms with Crippen LogP contribution >= 0.6 is 0 Å². The average molecular weight is 305 g/mol. The van der Waals surface area contributed by atoms with Gasteiger partial charge >= 0.3 is 0 Å². The summed E-state index contributed by atoms with van der Waals surface area (Å²) >= 11 is 0. The van der Waals surface area contributed by atoms with E-state index in [1.807, 2.05) is 6.07 Å². The van der Waals surface area contributed by atoms with Crippen LogP contribution in [-0.2, 0) is 10.0 Å². The summed E-state index contributed by atoms with van der Waals surface area (Å²) in [4.78, 5) is 4.35. The van der Waals surface area contributed by atoms with Gasteiger partial charge in [-0.3, -0.25) is 4.98 Å². The van der Waals surface area contributed by atoms with Gasteiger partial charge in [-0.2, -0.15) is 0 Å². The Morgan fingerprint density at radius 3 is 3.00 bits per heavy atom. The van der Waals surface area contributed by atoms with Crippen molar-refractivity contribution in [2.24, 2.45) is 0 Å². The van der Waals surface area contributed by atoms with Gasteiger partial charge in [-0.15, -0.1) is 0 Å². The first-order chi connectivity index (χ1) is 10.2. The van der Waals surface area contributed by atoms with E-state index < -0.39 is 10.0 Å². The third kappa shape index (κ3) is 3.23. The summed E-state index contributed by atoms with van der Waals surface area (Å²) < 4.78 is 27.8. The fraction of sp³-hybridized carbons (Fsp3) is 0.400. The molecule has 2 aromatic rings. The van der Waals surface area contributed by atoms with Crippen molar-refractivity contribution in [1.29, 1.82) is 0 Å². The Hall–Kier alpha value is -1.50. The Balaban J connectivity index is 1.83. The molecule has 1 fully saturated rings. The van der Waals surface area contributed by atoms with Crippen LogP contribution in [0.3, 0.4) is 0 Å². The number of rotatable bonds is 4. The summed E-state index contributed by atoms with van der Waals surface area (Å²) in [6.45, 7) is 1.40. The number of fused-ring (bicyclic) bond motifs is 1. The molecule has 0 spiro atoms. The summed E-state index contributed by atoms with van der Waals surface area (Å²) in [5.74, 6) is 0. The highest BCUT2D eigenvalue weighted by Gasteiger charge is 2.20. The van der Waals surface area contributed by atoms with Gasteiger partial charge in [-0.05, 0) is 31.5 Å². The summed E-state index contributed by atoms with van der Waals surface area (Å²) in [5.41, 5.74) is 0. The topological polar surface area (TPSA) is 71.1 Å². The molecule has 2 heterocycles. The first kappa shape index (κ1) is 14.4. The molecule has 2 N–H and O–H groups in total. The molecule has 1 aromatic heterocycles. The van der Waals surface area contributed by atoms with Crippen molar-refractivity contribution in [2.45, 2.75) is 30.2 Å². The molecule has 0 amide bonds. The lowest BCUT2D eigenvalue weighted by Gasteiger charge is -2.23. The smallest absolute Gasteiger partial charge is 0.241 e. The molecule has 5 nitrogen and oxygen atoms in total. The van der Waals surface area contributed by atoms with Crippen molar-refractivity contribution in [2.75, 3.05) is 13.1 Å². The Morgan fingerprint density at radius 2 is 2.19 bits per heavy atom. The molecule has 6 heteroatoms. The molecule has 0 saturated carbocycles. The van der Waals surface area contributed by atoms with E-state index in [1.54, 1.807) is 30.6 Å². The Kier molecular flexibility index (Phi) is 4.19. The van der Waals surface area contributed by atoms with E-state index in [4.69, 9.17) is 0 Å². The van der Waals surface area contributed by atoms with Crippen LogP contribution in [0.15, 0.2) is 41.6 Å². The van der Waals surface area contributed by atoms with Gasteiger partial charge in [-0.1, -0.05) is 18.6 Å². The monoisotopic (exact) mass is 305 g/mol. The molecule has 0 bridgehead atoms. The fourth-order valence-electron chi connectivity index (χ4n) is 2.71. The molecule has 3 rings (SSSR count). The van der Waals surface area contributed by atoms with Crippen LogP contribution in [0.5, 0.6) is 0 Å². The van der Waals surface area contributed by atoms with E-state index in [1.165, 1.54) is 6.42 Å². The number of aromatic nitrogens is 1. The van der Waals surface area contributed by atoms with Crippen molar-refractivity contribution in [1.82, 2.24) is 15.0 Å². The molecule has 1 aliphatic rings. The zero-order valence-electron chi connectivity index (χ0n) is 11.7. The summed E-state index contributed by atoms with van der Waals surface area (Å²) in [5, 5.41) is 4.88. The van der Waals surface area contributed by atoms with Crippen LogP contribution < -0.4 is 10.0 Å². The van der Waals surface area contributed by atoms with E-state index in [0.717, 1.165) is 24.8 Å². The third-order valence-corrected chi connectivity index (χ3v) is 5.34. The van der Waals surface area contributed by atoms with Crippen LogP contribution in [0.25, 0.3) is 10.8 Å². The zero-order chi connectivity index (χ0) is 14.7. The standard InChI is InChI=1S/C15H19N3O2S/c19-21(20,18-11-13-5-1-2-8-17-13)15-6-3-4-12-10-16-9-7-14(12)15/h3-4,6-7,9-10,13,17-18H,1-2,5,8,11H2. The molecule has 1 saturated heterocycles. The fourth-order valence-corrected chi connectivity index (χ4v) is 4.02. The predicted octanol–water partition coefficient (Wildman–Crippen LogP) is 1.66. The minimum absolute atomic E-state index is 0.227. The van der Waals surface area contributed by atoms with Crippen LogP contribution in [0, 0.1) is 0 Å². The number of piperidine rings is 1. The number of benzene rings is 1. The van der Waals surface area contributed by atoms with Crippen molar-refractivity contribution in [3.8, 4) is 0 Å². The highest BCUT2D eigenvalue weighted by Crippen LogP contribution is 2.21. The van der Waals surface area contributed by atoms with E-state index in [0.29, 0.717) is 16.8 Å². The third-order valence-electron chi connectivity index (χ3n) is 3.86. The van der Waals surface area contributed by atoms with Crippen molar-refractivity contribution in [3.05, 3.63) is 36.7 Å². The largest absolute Gasteiger partial charge is 0.313 e. The molecule has 21 heavy (non-hydrogen) atoms. The van der Waals surface area contributed by atoms with Crippen LogP contribution in [0.1, 0.15) is 19.3 Å². The van der Waals surface area contributed by atoms with Gasteiger partial charge in [0.15, 0.2) is 0 Å². The molecular weight excluding hydrogens is 286 g/mol. The van der Waals surface area contributed by atoms with E-state index in [9.17, 15) is 8.42 Å². The lowest BCUT2D eigenvalue weighted by molar-refractivity contribution is 0.398. The Morgan fingerprint density at radius 1 is 1.29 bits per heavy atom. The summed E-state index contributed by atoms with van der Waals surface area (Å²) in [6.07, 6.45) is 6.63. The molecule has 1 aliphatic heterocycles. The highest BCUT2D eigenvalue weighted by molar-refractivity contribution is 7.89. The Bertz CT molecular complexity index is 719. The molecule has 1 atom stereocenters. The van der Waals surface area contributed by atoms with Crippen LogP contribution in [-0.4, -0.2) is 32.5 Å². The SMILES string of the molecule is O=S(=O)(NCC1CCCCN1)c1cccc2cnccc12.